The van der Waals surface area contributed by atoms with Crippen molar-refractivity contribution < 1.29 is 9.53 Å². The predicted molar refractivity (Wildman–Crippen MR) is 79.2 cm³/mol. The van der Waals surface area contributed by atoms with Crippen molar-refractivity contribution in [3.05, 3.63) is 27.0 Å². The molecule has 19 heavy (non-hydrogen) atoms. The fourth-order valence-electron chi connectivity index (χ4n) is 1.49. The second-order valence-electron chi connectivity index (χ2n) is 4.32. The maximum absolute atomic E-state index is 11.7. The first-order chi connectivity index (χ1) is 8.23. The van der Waals surface area contributed by atoms with Gasteiger partial charge in [-0.2, -0.15) is 0 Å². The molecule has 1 aromatic heterocycles. The van der Waals surface area contributed by atoms with Gasteiger partial charge in [0.15, 0.2) is 0 Å². The van der Waals surface area contributed by atoms with Crippen LogP contribution < -0.4 is 5.73 Å². The van der Waals surface area contributed by atoms with Crippen LogP contribution in [0.4, 0.5) is 0 Å². The highest BCUT2D eigenvalue weighted by atomic mass is 35.5. The first-order valence-corrected chi connectivity index (χ1v) is 6.20. The number of halogens is 4. The molecule has 0 bridgehead atoms. The third kappa shape index (κ3) is 3.64. The van der Waals surface area contributed by atoms with Crippen molar-refractivity contribution in [2.75, 3.05) is 7.11 Å². The maximum Gasteiger partial charge on any atom is 0.313 e. The quantitative estimate of drug-likeness (QED) is 0.669. The van der Waals surface area contributed by atoms with E-state index in [1.807, 2.05) is 0 Å². The van der Waals surface area contributed by atoms with Crippen LogP contribution >= 0.6 is 47.2 Å². The molecule has 0 spiro atoms. The average Bonchev–Trinajstić information content (AvgIpc) is 2.33. The normalized spacial score (nSPS) is 12.6. The molecule has 0 saturated heterocycles. The van der Waals surface area contributed by atoms with Crippen LogP contribution in [-0.4, -0.2) is 18.1 Å². The third-order valence-corrected chi connectivity index (χ3v) is 3.83. The lowest BCUT2D eigenvalue weighted by Crippen LogP contribution is -2.37. The summed E-state index contributed by atoms with van der Waals surface area (Å²) in [5.41, 5.74) is 5.45. The Bertz CT molecular complexity index is 480. The van der Waals surface area contributed by atoms with Crippen molar-refractivity contribution in [1.82, 2.24) is 4.98 Å². The summed E-state index contributed by atoms with van der Waals surface area (Å²) < 4.78 is 4.71. The fraction of sp³-hybridized carbons (Fsp3) is 0.455. The molecule has 1 aromatic rings. The van der Waals surface area contributed by atoms with Crippen LogP contribution in [0.5, 0.6) is 0 Å². The number of nitrogens with two attached hydrogens (primary N) is 1. The lowest BCUT2D eigenvalue weighted by molar-refractivity contribution is -0.152. The Morgan fingerprint density at radius 2 is 1.95 bits per heavy atom. The Labute approximate surface area is 133 Å². The molecule has 1 atom stereocenters. The van der Waals surface area contributed by atoms with Crippen molar-refractivity contribution in [1.29, 1.82) is 0 Å². The van der Waals surface area contributed by atoms with Gasteiger partial charge in [0.25, 0.3) is 0 Å². The molecular weight excluding hydrogens is 334 g/mol. The SMILES string of the molecule is COC(=O)C(C)(C)[C@H](N)c1c(Cl)cnc(Cl)c1Cl.Cl. The average molecular weight is 348 g/mol. The van der Waals surface area contributed by atoms with Gasteiger partial charge in [0, 0.05) is 17.8 Å². The predicted octanol–water partition coefficient (Wildman–Crippen LogP) is 3.66. The van der Waals surface area contributed by atoms with Crippen LogP contribution in [0.25, 0.3) is 0 Å². The van der Waals surface area contributed by atoms with E-state index in [0.717, 1.165) is 0 Å². The molecule has 1 rings (SSSR count). The summed E-state index contributed by atoms with van der Waals surface area (Å²) in [6.45, 7) is 3.29. The fourth-order valence-corrected chi connectivity index (χ4v) is 2.22. The van der Waals surface area contributed by atoms with Gasteiger partial charge in [0.05, 0.1) is 22.6 Å². The van der Waals surface area contributed by atoms with Gasteiger partial charge in [-0.25, -0.2) is 4.98 Å². The minimum absolute atomic E-state index is 0. The largest absolute Gasteiger partial charge is 0.469 e. The number of hydrogen-bond donors (Lipinski definition) is 1. The number of rotatable bonds is 3. The van der Waals surface area contributed by atoms with E-state index in [1.165, 1.54) is 13.3 Å². The lowest BCUT2D eigenvalue weighted by atomic mass is 9.81. The van der Waals surface area contributed by atoms with Gasteiger partial charge in [0.1, 0.15) is 5.15 Å². The molecule has 0 aliphatic rings. The van der Waals surface area contributed by atoms with Crippen LogP contribution in [-0.2, 0) is 9.53 Å². The first-order valence-electron chi connectivity index (χ1n) is 5.06. The van der Waals surface area contributed by atoms with Crippen LogP contribution in [0.1, 0.15) is 25.5 Å². The van der Waals surface area contributed by atoms with Crippen molar-refractivity contribution in [3.8, 4) is 0 Å². The zero-order valence-electron chi connectivity index (χ0n) is 10.5. The second-order valence-corrected chi connectivity index (χ2v) is 5.46. The first kappa shape index (κ1) is 18.7. The number of aromatic nitrogens is 1. The van der Waals surface area contributed by atoms with Gasteiger partial charge in [-0.3, -0.25) is 4.79 Å². The van der Waals surface area contributed by atoms with E-state index in [0.29, 0.717) is 5.56 Å². The topological polar surface area (TPSA) is 65.2 Å². The molecule has 108 valence electrons. The second kappa shape index (κ2) is 6.95. The molecule has 4 nitrogen and oxygen atoms in total. The van der Waals surface area contributed by atoms with Crippen molar-refractivity contribution in [2.24, 2.45) is 11.1 Å². The maximum atomic E-state index is 11.7. The van der Waals surface area contributed by atoms with Crippen LogP contribution in [0.15, 0.2) is 6.20 Å². The summed E-state index contributed by atoms with van der Waals surface area (Å²) in [6, 6.07) is -0.759. The van der Waals surface area contributed by atoms with Gasteiger partial charge >= 0.3 is 5.97 Å². The molecule has 0 aliphatic carbocycles. The molecule has 2 N–H and O–H groups in total. The Morgan fingerprint density at radius 1 is 1.42 bits per heavy atom. The summed E-state index contributed by atoms with van der Waals surface area (Å²) in [5.74, 6) is -0.463. The van der Waals surface area contributed by atoms with E-state index < -0.39 is 17.4 Å². The zero-order chi connectivity index (χ0) is 14.1. The van der Waals surface area contributed by atoms with Crippen molar-refractivity contribution in [3.63, 3.8) is 0 Å². The van der Waals surface area contributed by atoms with Gasteiger partial charge in [-0.1, -0.05) is 34.8 Å². The number of nitrogens with zero attached hydrogens (tertiary/aromatic N) is 1. The Kier molecular flexibility index (Phi) is 6.86. The molecule has 0 unspecified atom stereocenters. The standard InChI is InChI=1S/C11H13Cl3N2O2.ClH/c1-11(2,10(17)18-3)8(15)6-5(12)4-16-9(14)7(6)13;/h4,8H,15H2,1-3H3;1H/t8-;/m1./s1. The smallest absolute Gasteiger partial charge is 0.313 e. The number of pyridine rings is 1. The molecule has 0 amide bonds. The minimum atomic E-state index is -0.993. The number of carbonyl (C=O) groups excluding carboxylic acids is 1. The number of esters is 1. The minimum Gasteiger partial charge on any atom is -0.469 e. The van der Waals surface area contributed by atoms with E-state index in [9.17, 15) is 4.79 Å². The van der Waals surface area contributed by atoms with E-state index >= 15 is 0 Å². The molecule has 0 saturated carbocycles. The highest BCUT2D eigenvalue weighted by molar-refractivity contribution is 6.43. The summed E-state index contributed by atoms with van der Waals surface area (Å²) in [5, 5.41) is 0.495. The summed E-state index contributed by atoms with van der Waals surface area (Å²) in [7, 11) is 1.29. The van der Waals surface area contributed by atoms with Crippen molar-refractivity contribution >= 4 is 53.2 Å². The monoisotopic (exact) mass is 346 g/mol. The van der Waals surface area contributed by atoms with E-state index in [4.69, 9.17) is 45.3 Å². The van der Waals surface area contributed by atoms with Crippen LogP contribution in [0.2, 0.25) is 15.2 Å². The van der Waals surface area contributed by atoms with Crippen LogP contribution in [0.3, 0.4) is 0 Å². The zero-order valence-corrected chi connectivity index (χ0v) is 13.6. The Balaban J connectivity index is 0.00000324. The lowest BCUT2D eigenvalue weighted by Gasteiger charge is -2.30. The summed E-state index contributed by atoms with van der Waals surface area (Å²) >= 11 is 17.9. The number of carbonyl (C=O) groups is 1. The summed E-state index contributed by atoms with van der Waals surface area (Å²) in [6.07, 6.45) is 1.35. The van der Waals surface area contributed by atoms with Gasteiger partial charge in [0.2, 0.25) is 0 Å². The van der Waals surface area contributed by atoms with E-state index in [-0.39, 0.29) is 27.6 Å². The van der Waals surface area contributed by atoms with Gasteiger partial charge in [-0.15, -0.1) is 12.4 Å². The Morgan fingerprint density at radius 3 is 2.42 bits per heavy atom. The Hall–Kier alpha value is -0.260. The molecule has 0 aromatic carbocycles. The molecule has 0 fully saturated rings. The number of ether oxygens (including phenoxy) is 1. The number of hydrogen-bond acceptors (Lipinski definition) is 4. The molecule has 0 radical (unpaired) electrons. The highest BCUT2D eigenvalue weighted by Crippen LogP contribution is 2.41. The molecular formula is C11H14Cl4N2O2. The van der Waals surface area contributed by atoms with Gasteiger partial charge in [-0.05, 0) is 13.8 Å². The van der Waals surface area contributed by atoms with E-state index in [1.54, 1.807) is 13.8 Å². The molecule has 8 heteroatoms. The molecule has 0 aliphatic heterocycles. The number of methoxy groups -OCH3 is 1. The third-order valence-electron chi connectivity index (χ3n) is 2.77. The van der Waals surface area contributed by atoms with E-state index in [2.05, 4.69) is 4.98 Å². The van der Waals surface area contributed by atoms with Crippen LogP contribution in [0, 0.1) is 5.41 Å². The highest BCUT2D eigenvalue weighted by Gasteiger charge is 2.39. The van der Waals surface area contributed by atoms with Gasteiger partial charge < -0.3 is 10.5 Å². The summed E-state index contributed by atoms with van der Waals surface area (Å²) in [4.78, 5) is 15.5. The molecule has 1 heterocycles. The van der Waals surface area contributed by atoms with Crippen molar-refractivity contribution in [2.45, 2.75) is 19.9 Å².